The average molecular weight is 299 g/mol. The van der Waals surface area contributed by atoms with Crippen LogP contribution in [0, 0.1) is 6.92 Å². The summed E-state index contributed by atoms with van der Waals surface area (Å²) in [5.41, 5.74) is 2.04. The fourth-order valence-corrected chi connectivity index (χ4v) is 2.24. The highest BCUT2D eigenvalue weighted by Gasteiger charge is 2.10. The predicted molar refractivity (Wildman–Crippen MR) is 77.7 cm³/mol. The number of sulfonamides is 1. The van der Waals surface area contributed by atoms with Crippen LogP contribution in [0.2, 0.25) is 0 Å². The number of aromatic nitrogens is 1. The molecule has 0 aliphatic rings. The van der Waals surface area contributed by atoms with Gasteiger partial charge in [-0.15, -0.1) is 0 Å². The number of nitrogens with zero attached hydrogens (tertiary/aromatic N) is 1. The van der Waals surface area contributed by atoms with Crippen molar-refractivity contribution in [1.29, 1.82) is 0 Å². The van der Waals surface area contributed by atoms with E-state index in [1.165, 1.54) is 0 Å². The van der Waals surface area contributed by atoms with Crippen molar-refractivity contribution >= 4 is 15.9 Å². The van der Waals surface area contributed by atoms with Crippen LogP contribution < -0.4 is 10.0 Å². The zero-order valence-corrected chi connectivity index (χ0v) is 12.8. The SMILES string of the molecule is Cc1cccnc1CC(C)NC(=O)CCNS(C)(=O)=O. The van der Waals surface area contributed by atoms with Gasteiger partial charge in [-0.05, 0) is 25.5 Å². The number of hydrogen-bond acceptors (Lipinski definition) is 4. The van der Waals surface area contributed by atoms with E-state index < -0.39 is 10.0 Å². The van der Waals surface area contributed by atoms with Gasteiger partial charge in [0.05, 0.1) is 6.26 Å². The van der Waals surface area contributed by atoms with Crippen molar-refractivity contribution < 1.29 is 13.2 Å². The van der Waals surface area contributed by atoms with Crippen LogP contribution in [0.5, 0.6) is 0 Å². The molecule has 20 heavy (non-hydrogen) atoms. The molecule has 1 amide bonds. The molecule has 1 aromatic heterocycles. The molecule has 6 nitrogen and oxygen atoms in total. The van der Waals surface area contributed by atoms with Crippen LogP contribution in [0.15, 0.2) is 18.3 Å². The molecule has 0 saturated heterocycles. The Morgan fingerprint density at radius 3 is 2.75 bits per heavy atom. The molecule has 1 aromatic rings. The van der Waals surface area contributed by atoms with E-state index >= 15 is 0 Å². The number of aryl methyl sites for hydroxylation is 1. The lowest BCUT2D eigenvalue weighted by Gasteiger charge is -2.14. The van der Waals surface area contributed by atoms with Crippen LogP contribution in [0.4, 0.5) is 0 Å². The molecular weight excluding hydrogens is 278 g/mol. The Kier molecular flexibility index (Phi) is 6.09. The maximum atomic E-state index is 11.6. The van der Waals surface area contributed by atoms with Crippen LogP contribution in [0.3, 0.4) is 0 Å². The van der Waals surface area contributed by atoms with Gasteiger partial charge in [0.25, 0.3) is 0 Å². The molecule has 2 N–H and O–H groups in total. The topological polar surface area (TPSA) is 88.2 Å². The van der Waals surface area contributed by atoms with Gasteiger partial charge in [-0.2, -0.15) is 0 Å². The van der Waals surface area contributed by atoms with E-state index in [-0.39, 0.29) is 24.9 Å². The van der Waals surface area contributed by atoms with Crippen molar-refractivity contribution in [2.75, 3.05) is 12.8 Å². The molecule has 1 heterocycles. The van der Waals surface area contributed by atoms with Gasteiger partial charge < -0.3 is 5.32 Å². The van der Waals surface area contributed by atoms with Crippen LogP contribution in [-0.2, 0) is 21.2 Å². The first-order valence-corrected chi connectivity index (χ1v) is 8.31. The molecule has 0 spiro atoms. The number of pyridine rings is 1. The second kappa shape index (κ2) is 7.35. The van der Waals surface area contributed by atoms with Crippen molar-refractivity contribution in [2.45, 2.75) is 32.7 Å². The van der Waals surface area contributed by atoms with Gasteiger partial charge in [-0.3, -0.25) is 9.78 Å². The number of nitrogens with one attached hydrogen (secondary N) is 2. The molecule has 1 atom stereocenters. The van der Waals surface area contributed by atoms with Crippen LogP contribution in [-0.4, -0.2) is 38.2 Å². The summed E-state index contributed by atoms with van der Waals surface area (Å²) in [5, 5.41) is 2.83. The lowest BCUT2D eigenvalue weighted by atomic mass is 10.1. The third-order valence-electron chi connectivity index (χ3n) is 2.74. The monoisotopic (exact) mass is 299 g/mol. The zero-order valence-electron chi connectivity index (χ0n) is 12.0. The minimum atomic E-state index is -3.24. The molecule has 0 aliphatic heterocycles. The Balaban J connectivity index is 2.37. The quantitative estimate of drug-likeness (QED) is 0.761. The highest BCUT2D eigenvalue weighted by molar-refractivity contribution is 7.88. The molecule has 0 aromatic carbocycles. The fraction of sp³-hybridized carbons (Fsp3) is 0.538. The van der Waals surface area contributed by atoms with Crippen LogP contribution in [0.1, 0.15) is 24.6 Å². The highest BCUT2D eigenvalue weighted by Crippen LogP contribution is 2.06. The largest absolute Gasteiger partial charge is 0.353 e. The lowest BCUT2D eigenvalue weighted by molar-refractivity contribution is -0.121. The van der Waals surface area contributed by atoms with E-state index in [1.807, 2.05) is 26.0 Å². The minimum absolute atomic E-state index is 0.0469. The summed E-state index contributed by atoms with van der Waals surface area (Å²) in [4.78, 5) is 15.9. The van der Waals surface area contributed by atoms with Gasteiger partial charge >= 0.3 is 0 Å². The van der Waals surface area contributed by atoms with Crippen molar-refractivity contribution in [1.82, 2.24) is 15.0 Å². The molecule has 7 heteroatoms. The molecular formula is C13H21N3O3S. The van der Waals surface area contributed by atoms with Crippen LogP contribution >= 0.6 is 0 Å². The fourth-order valence-electron chi connectivity index (χ4n) is 1.77. The molecule has 0 bridgehead atoms. The highest BCUT2D eigenvalue weighted by atomic mass is 32.2. The van der Waals surface area contributed by atoms with Gasteiger partial charge in [-0.25, -0.2) is 13.1 Å². The molecule has 0 fully saturated rings. The van der Waals surface area contributed by atoms with Gasteiger partial charge in [0.2, 0.25) is 15.9 Å². The normalized spacial score (nSPS) is 12.9. The second-order valence-corrected chi connectivity index (χ2v) is 6.69. The summed E-state index contributed by atoms with van der Waals surface area (Å²) in [7, 11) is -3.24. The third-order valence-corrected chi connectivity index (χ3v) is 3.47. The number of hydrogen-bond donors (Lipinski definition) is 2. The van der Waals surface area contributed by atoms with E-state index in [9.17, 15) is 13.2 Å². The Hall–Kier alpha value is -1.47. The van der Waals surface area contributed by atoms with Gasteiger partial charge in [0.1, 0.15) is 0 Å². The molecule has 0 saturated carbocycles. The predicted octanol–water partition coefficient (Wildman–Crippen LogP) is 0.377. The Morgan fingerprint density at radius 2 is 2.15 bits per heavy atom. The van der Waals surface area contributed by atoms with E-state index in [1.54, 1.807) is 6.20 Å². The number of rotatable bonds is 7. The first-order valence-electron chi connectivity index (χ1n) is 6.42. The summed E-state index contributed by atoms with van der Waals surface area (Å²) in [6.45, 7) is 3.99. The molecule has 112 valence electrons. The number of carbonyl (C=O) groups is 1. The summed E-state index contributed by atoms with van der Waals surface area (Å²) in [5.74, 6) is -0.178. The van der Waals surface area contributed by atoms with Crippen molar-refractivity contribution in [3.8, 4) is 0 Å². The maximum Gasteiger partial charge on any atom is 0.221 e. The molecule has 1 rings (SSSR count). The Morgan fingerprint density at radius 1 is 1.45 bits per heavy atom. The van der Waals surface area contributed by atoms with Gasteiger partial charge in [0.15, 0.2) is 0 Å². The average Bonchev–Trinajstić information content (AvgIpc) is 2.30. The van der Waals surface area contributed by atoms with Crippen molar-refractivity contribution in [3.63, 3.8) is 0 Å². The standard InChI is InChI=1S/C13H21N3O3S/c1-10-5-4-7-14-12(10)9-11(2)16-13(17)6-8-15-20(3,18)19/h4-5,7,11,15H,6,8-9H2,1-3H3,(H,16,17). The smallest absolute Gasteiger partial charge is 0.221 e. The summed E-state index contributed by atoms with van der Waals surface area (Å²) < 4.78 is 24.0. The van der Waals surface area contributed by atoms with E-state index in [0.717, 1.165) is 17.5 Å². The zero-order chi connectivity index (χ0) is 15.2. The molecule has 1 unspecified atom stereocenters. The van der Waals surface area contributed by atoms with Crippen molar-refractivity contribution in [3.05, 3.63) is 29.6 Å². The van der Waals surface area contributed by atoms with Crippen LogP contribution in [0.25, 0.3) is 0 Å². The number of carbonyl (C=O) groups excluding carboxylic acids is 1. The minimum Gasteiger partial charge on any atom is -0.353 e. The van der Waals surface area contributed by atoms with Crippen molar-refractivity contribution in [2.24, 2.45) is 0 Å². The summed E-state index contributed by atoms with van der Waals surface area (Å²) in [6.07, 6.45) is 3.57. The first-order chi connectivity index (χ1) is 9.28. The molecule has 0 aliphatic carbocycles. The van der Waals surface area contributed by atoms with E-state index in [4.69, 9.17) is 0 Å². The third kappa shape index (κ3) is 6.63. The maximum absolute atomic E-state index is 11.6. The van der Waals surface area contributed by atoms with E-state index in [2.05, 4.69) is 15.0 Å². The number of amides is 1. The summed E-state index contributed by atoms with van der Waals surface area (Å²) in [6, 6.07) is 3.81. The lowest BCUT2D eigenvalue weighted by Crippen LogP contribution is -2.36. The second-order valence-electron chi connectivity index (χ2n) is 4.86. The Labute approximate surface area is 120 Å². The van der Waals surface area contributed by atoms with Gasteiger partial charge in [-0.1, -0.05) is 6.07 Å². The Bertz CT molecular complexity index is 558. The molecule has 0 radical (unpaired) electrons. The summed E-state index contributed by atoms with van der Waals surface area (Å²) >= 11 is 0. The van der Waals surface area contributed by atoms with E-state index in [0.29, 0.717) is 6.42 Å². The van der Waals surface area contributed by atoms with Gasteiger partial charge in [0, 0.05) is 37.3 Å². The first kappa shape index (κ1) is 16.6.